The van der Waals surface area contributed by atoms with E-state index >= 15 is 0 Å². The number of phenols is 1. The second-order valence-electron chi connectivity index (χ2n) is 4.88. The summed E-state index contributed by atoms with van der Waals surface area (Å²) in [5.41, 5.74) is 1.13. The van der Waals surface area contributed by atoms with Gasteiger partial charge in [-0.3, -0.25) is 4.79 Å². The Morgan fingerprint density at radius 3 is 2.84 bits per heavy atom. The molecule has 2 rings (SSSR count). The molecule has 0 spiro atoms. The van der Waals surface area contributed by atoms with Crippen molar-refractivity contribution in [3.8, 4) is 5.75 Å². The molecular weight excluding hydrogens is 242 g/mol. The lowest BCUT2D eigenvalue weighted by Crippen LogP contribution is -2.27. The molecule has 1 aromatic rings. The molecule has 0 radical (unpaired) electrons. The Bertz CT molecular complexity index is 416. The van der Waals surface area contributed by atoms with Crippen LogP contribution in [0.4, 0.5) is 0 Å². The first kappa shape index (κ1) is 13.9. The predicted molar refractivity (Wildman–Crippen MR) is 73.1 cm³/mol. The van der Waals surface area contributed by atoms with Crippen LogP contribution in [0.25, 0.3) is 0 Å². The van der Waals surface area contributed by atoms with Crippen molar-refractivity contribution in [1.82, 2.24) is 5.32 Å². The van der Waals surface area contributed by atoms with Crippen molar-refractivity contribution in [2.75, 3.05) is 19.8 Å². The number of ether oxygens (including phenoxy) is 1. The molecular formula is C15H21NO3. The van der Waals surface area contributed by atoms with Crippen LogP contribution in [0.3, 0.4) is 0 Å². The van der Waals surface area contributed by atoms with Crippen LogP contribution in [-0.2, 0) is 9.53 Å². The fourth-order valence-electron chi connectivity index (χ4n) is 2.24. The summed E-state index contributed by atoms with van der Waals surface area (Å²) in [5.74, 6) is 0.806. The lowest BCUT2D eigenvalue weighted by Gasteiger charge is -2.05. The molecule has 1 saturated carbocycles. The van der Waals surface area contributed by atoms with Gasteiger partial charge in [0.1, 0.15) is 5.75 Å². The third kappa shape index (κ3) is 3.96. The highest BCUT2D eigenvalue weighted by Crippen LogP contribution is 2.47. The molecule has 19 heavy (non-hydrogen) atoms. The van der Waals surface area contributed by atoms with E-state index in [9.17, 15) is 9.90 Å². The topological polar surface area (TPSA) is 58.6 Å². The van der Waals surface area contributed by atoms with Gasteiger partial charge in [-0.05, 0) is 43.4 Å². The molecule has 1 aromatic carbocycles. The first-order valence-electron chi connectivity index (χ1n) is 6.86. The number of aromatic hydroxyl groups is 1. The number of hydrogen-bond acceptors (Lipinski definition) is 3. The average Bonchev–Trinajstić information content (AvgIpc) is 3.19. The normalized spacial score (nSPS) is 21.1. The fourth-order valence-corrected chi connectivity index (χ4v) is 2.24. The molecule has 0 bridgehead atoms. The number of carbonyl (C=O) groups excluding carboxylic acids is 1. The quantitative estimate of drug-likeness (QED) is 0.740. The van der Waals surface area contributed by atoms with E-state index in [1.165, 1.54) is 0 Å². The summed E-state index contributed by atoms with van der Waals surface area (Å²) < 4.78 is 5.22. The molecule has 2 unspecified atom stereocenters. The second kappa shape index (κ2) is 6.57. The maximum atomic E-state index is 11.9. The number of benzene rings is 1. The number of nitrogens with one attached hydrogen (secondary N) is 1. The van der Waals surface area contributed by atoms with Gasteiger partial charge in [0.15, 0.2) is 0 Å². The third-order valence-electron chi connectivity index (χ3n) is 3.42. The molecule has 2 atom stereocenters. The Kier molecular flexibility index (Phi) is 4.80. The number of rotatable bonds is 7. The molecule has 0 heterocycles. The molecule has 1 aliphatic carbocycles. The van der Waals surface area contributed by atoms with Gasteiger partial charge < -0.3 is 15.2 Å². The maximum absolute atomic E-state index is 11.9. The molecule has 0 aromatic heterocycles. The number of amides is 1. The highest BCUT2D eigenvalue weighted by Gasteiger charge is 2.43. The Balaban J connectivity index is 1.70. The molecule has 1 aliphatic rings. The molecule has 1 fully saturated rings. The number of phenolic OH excluding ortho intramolecular Hbond substituents is 1. The van der Waals surface area contributed by atoms with Gasteiger partial charge in [-0.2, -0.15) is 0 Å². The summed E-state index contributed by atoms with van der Waals surface area (Å²) in [7, 11) is 0. The predicted octanol–water partition coefficient (Wildman–Crippen LogP) is 2.04. The Hall–Kier alpha value is -1.55. The zero-order valence-corrected chi connectivity index (χ0v) is 11.3. The first-order valence-corrected chi connectivity index (χ1v) is 6.86. The van der Waals surface area contributed by atoms with Gasteiger partial charge in [-0.25, -0.2) is 0 Å². The van der Waals surface area contributed by atoms with Gasteiger partial charge in [0.05, 0.1) is 0 Å². The van der Waals surface area contributed by atoms with Gasteiger partial charge in [0.25, 0.3) is 0 Å². The molecule has 4 nitrogen and oxygen atoms in total. The Morgan fingerprint density at radius 2 is 2.16 bits per heavy atom. The highest BCUT2D eigenvalue weighted by atomic mass is 16.5. The summed E-state index contributed by atoms with van der Waals surface area (Å²) in [4.78, 5) is 11.9. The standard InChI is InChI=1S/C15H21NO3/c1-2-19-9-3-8-16-15(18)14-10-13(14)11-4-6-12(17)7-5-11/h4-7,13-14,17H,2-3,8-10H2,1H3,(H,16,18). The van der Waals surface area contributed by atoms with Crippen molar-refractivity contribution < 1.29 is 14.6 Å². The van der Waals surface area contributed by atoms with Crippen LogP contribution in [0.1, 0.15) is 31.2 Å². The Morgan fingerprint density at radius 1 is 1.42 bits per heavy atom. The molecule has 4 heteroatoms. The summed E-state index contributed by atoms with van der Waals surface area (Å²) in [5, 5.41) is 12.2. The molecule has 0 aliphatic heterocycles. The van der Waals surface area contributed by atoms with Crippen LogP contribution >= 0.6 is 0 Å². The summed E-state index contributed by atoms with van der Waals surface area (Å²) >= 11 is 0. The van der Waals surface area contributed by atoms with Gasteiger partial charge in [0, 0.05) is 25.7 Å². The van der Waals surface area contributed by atoms with Crippen LogP contribution in [0.15, 0.2) is 24.3 Å². The van der Waals surface area contributed by atoms with Gasteiger partial charge in [-0.1, -0.05) is 12.1 Å². The van der Waals surface area contributed by atoms with E-state index in [2.05, 4.69) is 5.32 Å². The lowest BCUT2D eigenvalue weighted by atomic mass is 10.1. The van der Waals surface area contributed by atoms with Crippen molar-refractivity contribution in [2.45, 2.75) is 25.7 Å². The van der Waals surface area contributed by atoms with Gasteiger partial charge in [0.2, 0.25) is 5.91 Å². The molecule has 1 amide bonds. The van der Waals surface area contributed by atoms with Crippen LogP contribution in [0.2, 0.25) is 0 Å². The van der Waals surface area contributed by atoms with E-state index in [4.69, 9.17) is 4.74 Å². The van der Waals surface area contributed by atoms with Gasteiger partial charge >= 0.3 is 0 Å². The molecule has 2 N–H and O–H groups in total. The van der Waals surface area contributed by atoms with E-state index in [0.29, 0.717) is 19.1 Å². The van der Waals surface area contributed by atoms with Crippen molar-refractivity contribution >= 4 is 5.91 Å². The van der Waals surface area contributed by atoms with E-state index in [1.54, 1.807) is 12.1 Å². The summed E-state index contributed by atoms with van der Waals surface area (Å²) in [6.45, 7) is 4.06. The SMILES string of the molecule is CCOCCCNC(=O)C1CC1c1ccc(O)cc1. The van der Waals surface area contributed by atoms with Crippen LogP contribution in [-0.4, -0.2) is 30.8 Å². The van der Waals surface area contributed by atoms with E-state index in [1.807, 2.05) is 19.1 Å². The van der Waals surface area contributed by atoms with E-state index in [-0.39, 0.29) is 17.6 Å². The minimum atomic E-state index is 0.0941. The second-order valence-corrected chi connectivity index (χ2v) is 4.88. The van der Waals surface area contributed by atoms with Crippen molar-refractivity contribution in [3.63, 3.8) is 0 Å². The first-order chi connectivity index (χ1) is 9.22. The minimum Gasteiger partial charge on any atom is -0.508 e. The maximum Gasteiger partial charge on any atom is 0.223 e. The fraction of sp³-hybridized carbons (Fsp3) is 0.533. The zero-order valence-electron chi connectivity index (χ0n) is 11.3. The van der Waals surface area contributed by atoms with Gasteiger partial charge in [-0.15, -0.1) is 0 Å². The van der Waals surface area contributed by atoms with E-state index in [0.717, 1.165) is 25.0 Å². The van der Waals surface area contributed by atoms with Crippen molar-refractivity contribution in [3.05, 3.63) is 29.8 Å². The molecule has 0 saturated heterocycles. The van der Waals surface area contributed by atoms with Crippen LogP contribution in [0, 0.1) is 5.92 Å². The lowest BCUT2D eigenvalue weighted by molar-refractivity contribution is -0.122. The van der Waals surface area contributed by atoms with Crippen molar-refractivity contribution in [1.29, 1.82) is 0 Å². The number of hydrogen-bond donors (Lipinski definition) is 2. The average molecular weight is 263 g/mol. The van der Waals surface area contributed by atoms with Crippen LogP contribution < -0.4 is 5.32 Å². The highest BCUT2D eigenvalue weighted by molar-refractivity contribution is 5.82. The molecule has 104 valence electrons. The zero-order chi connectivity index (χ0) is 13.7. The largest absolute Gasteiger partial charge is 0.508 e. The Labute approximate surface area is 113 Å². The smallest absolute Gasteiger partial charge is 0.223 e. The minimum absolute atomic E-state index is 0.0941. The summed E-state index contributed by atoms with van der Waals surface area (Å²) in [6.07, 6.45) is 1.76. The third-order valence-corrected chi connectivity index (χ3v) is 3.42. The number of carbonyl (C=O) groups is 1. The van der Waals surface area contributed by atoms with Crippen molar-refractivity contribution in [2.24, 2.45) is 5.92 Å². The summed E-state index contributed by atoms with van der Waals surface area (Å²) in [6, 6.07) is 7.13. The van der Waals surface area contributed by atoms with Crippen LogP contribution in [0.5, 0.6) is 5.75 Å². The van der Waals surface area contributed by atoms with E-state index < -0.39 is 0 Å². The monoisotopic (exact) mass is 263 g/mol.